The average Bonchev–Trinajstić information content (AvgIpc) is 2.67. The SMILES string of the molecule is Cc1cc(Br)c(N2CC(CS(=O)(=O)Cl)CC2=O)cc1[N+](=O)[O-]. The van der Waals surface area contributed by atoms with Crippen LogP contribution in [0.5, 0.6) is 0 Å². The van der Waals surface area contributed by atoms with Crippen LogP contribution in [-0.4, -0.2) is 31.5 Å². The minimum Gasteiger partial charge on any atom is -0.311 e. The fourth-order valence-corrected chi connectivity index (χ4v) is 4.45. The van der Waals surface area contributed by atoms with Crippen molar-refractivity contribution in [3.8, 4) is 0 Å². The molecule has 2 rings (SSSR count). The van der Waals surface area contributed by atoms with E-state index in [-0.39, 0.29) is 30.3 Å². The lowest BCUT2D eigenvalue weighted by atomic mass is 10.1. The van der Waals surface area contributed by atoms with E-state index in [2.05, 4.69) is 15.9 Å². The number of aryl methyl sites for hydroxylation is 1. The van der Waals surface area contributed by atoms with Crippen LogP contribution in [0.3, 0.4) is 0 Å². The molecular weight excluding hydrogens is 400 g/mol. The number of carbonyl (C=O) groups is 1. The fraction of sp³-hybridized carbons (Fsp3) is 0.417. The van der Waals surface area contributed by atoms with Crippen molar-refractivity contribution in [2.45, 2.75) is 13.3 Å². The maximum atomic E-state index is 12.1. The first-order chi connectivity index (χ1) is 10.1. The Bertz CT molecular complexity index is 752. The lowest BCUT2D eigenvalue weighted by molar-refractivity contribution is -0.385. The van der Waals surface area contributed by atoms with Crippen molar-refractivity contribution in [1.82, 2.24) is 0 Å². The highest BCUT2D eigenvalue weighted by Gasteiger charge is 2.34. The van der Waals surface area contributed by atoms with Crippen LogP contribution in [0, 0.1) is 23.0 Å². The van der Waals surface area contributed by atoms with Crippen LogP contribution in [-0.2, 0) is 13.8 Å². The molecule has 0 aliphatic carbocycles. The van der Waals surface area contributed by atoms with Gasteiger partial charge in [-0.05, 0) is 28.9 Å². The maximum absolute atomic E-state index is 12.1. The van der Waals surface area contributed by atoms with Gasteiger partial charge in [0, 0.05) is 45.7 Å². The van der Waals surface area contributed by atoms with Crippen molar-refractivity contribution in [1.29, 1.82) is 0 Å². The molecule has 1 amide bonds. The Kier molecular flexibility index (Phi) is 4.78. The van der Waals surface area contributed by atoms with E-state index >= 15 is 0 Å². The number of rotatable bonds is 4. The Hall–Kier alpha value is -1.19. The molecule has 1 aromatic carbocycles. The molecule has 7 nitrogen and oxygen atoms in total. The van der Waals surface area contributed by atoms with Crippen LogP contribution in [0.4, 0.5) is 11.4 Å². The number of hydrogen-bond donors (Lipinski definition) is 0. The quantitative estimate of drug-likeness (QED) is 0.431. The molecule has 1 aromatic rings. The van der Waals surface area contributed by atoms with Crippen molar-refractivity contribution in [2.24, 2.45) is 5.92 Å². The zero-order valence-corrected chi connectivity index (χ0v) is 14.6. The van der Waals surface area contributed by atoms with E-state index < -0.39 is 19.9 Å². The Labute approximate surface area is 139 Å². The summed E-state index contributed by atoms with van der Waals surface area (Å²) >= 11 is 3.29. The molecule has 22 heavy (non-hydrogen) atoms. The first kappa shape index (κ1) is 17.2. The van der Waals surface area contributed by atoms with E-state index in [9.17, 15) is 23.3 Å². The molecule has 1 atom stereocenters. The van der Waals surface area contributed by atoms with Gasteiger partial charge in [0.15, 0.2) is 0 Å². The molecule has 120 valence electrons. The molecule has 1 heterocycles. The summed E-state index contributed by atoms with van der Waals surface area (Å²) in [6, 6.07) is 2.88. The van der Waals surface area contributed by atoms with Gasteiger partial charge in [0.25, 0.3) is 5.69 Å². The van der Waals surface area contributed by atoms with Crippen molar-refractivity contribution in [3.05, 3.63) is 32.3 Å². The van der Waals surface area contributed by atoms with Gasteiger partial charge in [0.2, 0.25) is 15.0 Å². The molecule has 0 spiro atoms. The number of carbonyl (C=O) groups excluding carboxylic acids is 1. The molecule has 1 unspecified atom stereocenters. The van der Waals surface area contributed by atoms with Gasteiger partial charge in [0.1, 0.15) is 0 Å². The molecule has 1 aliphatic rings. The third kappa shape index (κ3) is 3.76. The molecule has 1 aliphatic heterocycles. The van der Waals surface area contributed by atoms with E-state index in [1.165, 1.54) is 11.0 Å². The van der Waals surface area contributed by atoms with Gasteiger partial charge in [-0.25, -0.2) is 8.42 Å². The summed E-state index contributed by atoms with van der Waals surface area (Å²) < 4.78 is 22.8. The zero-order valence-electron chi connectivity index (χ0n) is 11.5. The second kappa shape index (κ2) is 6.13. The van der Waals surface area contributed by atoms with Gasteiger partial charge in [-0.1, -0.05) is 0 Å². The second-order valence-electron chi connectivity index (χ2n) is 5.13. The molecule has 1 saturated heterocycles. The number of benzene rings is 1. The number of hydrogen-bond acceptors (Lipinski definition) is 5. The Morgan fingerprint density at radius 1 is 1.50 bits per heavy atom. The van der Waals surface area contributed by atoms with E-state index in [1.54, 1.807) is 13.0 Å². The number of nitrogens with zero attached hydrogens (tertiary/aromatic N) is 2. The van der Waals surface area contributed by atoms with E-state index in [1.807, 2.05) is 0 Å². The van der Waals surface area contributed by atoms with Crippen molar-refractivity contribution in [2.75, 3.05) is 17.2 Å². The monoisotopic (exact) mass is 410 g/mol. The van der Waals surface area contributed by atoms with Crippen LogP contribution in [0.2, 0.25) is 0 Å². The lowest BCUT2D eigenvalue weighted by Crippen LogP contribution is -2.25. The standard InChI is InChI=1S/C12H12BrClN2O5S/c1-7-2-9(13)11(4-10(7)16(18)19)15-5-8(3-12(15)17)6-22(14,20)21/h2,4,8H,3,5-6H2,1H3. The number of nitro groups is 1. The molecule has 0 aromatic heterocycles. The number of anilines is 1. The van der Waals surface area contributed by atoms with Crippen molar-refractivity contribution >= 4 is 52.9 Å². The van der Waals surface area contributed by atoms with Crippen LogP contribution in [0.15, 0.2) is 16.6 Å². The van der Waals surface area contributed by atoms with Crippen LogP contribution >= 0.6 is 26.6 Å². The number of halogens is 2. The summed E-state index contributed by atoms with van der Waals surface area (Å²) in [5.74, 6) is -1.02. The van der Waals surface area contributed by atoms with Gasteiger partial charge >= 0.3 is 0 Å². The highest BCUT2D eigenvalue weighted by Crippen LogP contribution is 2.36. The Morgan fingerprint density at radius 2 is 2.14 bits per heavy atom. The lowest BCUT2D eigenvalue weighted by Gasteiger charge is -2.18. The van der Waals surface area contributed by atoms with Gasteiger partial charge in [0.05, 0.1) is 16.4 Å². The van der Waals surface area contributed by atoms with Crippen molar-refractivity contribution in [3.63, 3.8) is 0 Å². The van der Waals surface area contributed by atoms with Gasteiger partial charge in [-0.2, -0.15) is 0 Å². The fourth-order valence-electron chi connectivity index (χ4n) is 2.46. The van der Waals surface area contributed by atoms with Gasteiger partial charge < -0.3 is 4.90 Å². The predicted molar refractivity (Wildman–Crippen MR) is 85.6 cm³/mol. The number of nitro benzene ring substituents is 1. The van der Waals surface area contributed by atoms with Crippen LogP contribution in [0.25, 0.3) is 0 Å². The highest BCUT2D eigenvalue weighted by atomic mass is 79.9. The molecule has 0 N–H and O–H groups in total. The topological polar surface area (TPSA) is 97.6 Å². The Morgan fingerprint density at radius 3 is 2.68 bits per heavy atom. The van der Waals surface area contributed by atoms with Crippen molar-refractivity contribution < 1.29 is 18.1 Å². The van der Waals surface area contributed by atoms with Gasteiger partial charge in [-0.15, -0.1) is 0 Å². The molecule has 0 radical (unpaired) electrons. The minimum absolute atomic E-state index is 0.0417. The summed E-state index contributed by atoms with van der Waals surface area (Å²) in [6.07, 6.45) is 0.0417. The minimum atomic E-state index is -3.70. The summed E-state index contributed by atoms with van der Waals surface area (Å²) in [6.45, 7) is 1.75. The molecular formula is C12H12BrClN2O5S. The summed E-state index contributed by atoms with van der Waals surface area (Å²) in [4.78, 5) is 23.9. The zero-order chi connectivity index (χ0) is 16.7. The van der Waals surface area contributed by atoms with E-state index in [4.69, 9.17) is 10.7 Å². The predicted octanol–water partition coefficient (Wildman–Crippen LogP) is 2.59. The number of amides is 1. The smallest absolute Gasteiger partial charge is 0.274 e. The average molecular weight is 412 g/mol. The van der Waals surface area contributed by atoms with E-state index in [0.717, 1.165) is 0 Å². The highest BCUT2D eigenvalue weighted by molar-refractivity contribution is 9.10. The van der Waals surface area contributed by atoms with Crippen LogP contribution in [0.1, 0.15) is 12.0 Å². The van der Waals surface area contributed by atoms with E-state index in [0.29, 0.717) is 15.7 Å². The maximum Gasteiger partial charge on any atom is 0.274 e. The molecule has 10 heteroatoms. The normalized spacial score (nSPS) is 18.8. The molecule has 1 fully saturated rings. The second-order valence-corrected chi connectivity index (χ2v) is 8.80. The molecule has 0 bridgehead atoms. The summed E-state index contributed by atoms with van der Waals surface area (Å²) in [5.41, 5.74) is 0.725. The Balaban J connectivity index is 2.34. The summed E-state index contributed by atoms with van der Waals surface area (Å²) in [5, 5.41) is 11.0. The third-order valence-electron chi connectivity index (χ3n) is 3.39. The van der Waals surface area contributed by atoms with Crippen LogP contribution < -0.4 is 4.90 Å². The third-order valence-corrected chi connectivity index (χ3v) is 5.28. The largest absolute Gasteiger partial charge is 0.311 e. The summed E-state index contributed by atoms with van der Waals surface area (Å²) in [7, 11) is 1.52. The first-order valence-corrected chi connectivity index (χ1v) is 9.53. The molecule has 0 saturated carbocycles. The first-order valence-electron chi connectivity index (χ1n) is 6.25. The van der Waals surface area contributed by atoms with Gasteiger partial charge in [-0.3, -0.25) is 14.9 Å².